The van der Waals surface area contributed by atoms with Crippen molar-refractivity contribution in [2.75, 3.05) is 16.2 Å². The SMILES string of the molecule is CCOc1ccc(NS(=O)(=O)c2ccc(N3C(=O)c4ccccc4C3=O)cc2)cc1. The lowest BCUT2D eigenvalue weighted by molar-refractivity contribution is 0.0926. The van der Waals surface area contributed by atoms with Crippen LogP contribution in [0, 0.1) is 0 Å². The molecule has 0 saturated heterocycles. The van der Waals surface area contributed by atoms with E-state index >= 15 is 0 Å². The minimum Gasteiger partial charge on any atom is -0.494 e. The van der Waals surface area contributed by atoms with E-state index in [0.717, 1.165) is 4.90 Å². The molecule has 3 aromatic rings. The van der Waals surface area contributed by atoms with Crippen LogP contribution in [0.1, 0.15) is 27.6 Å². The van der Waals surface area contributed by atoms with Gasteiger partial charge < -0.3 is 4.74 Å². The Morgan fingerprint density at radius 3 is 1.93 bits per heavy atom. The highest BCUT2D eigenvalue weighted by atomic mass is 32.2. The average Bonchev–Trinajstić information content (AvgIpc) is 3.00. The first-order valence-corrected chi connectivity index (χ1v) is 10.7. The summed E-state index contributed by atoms with van der Waals surface area (Å²) in [6, 6.07) is 18.7. The molecule has 0 saturated carbocycles. The summed E-state index contributed by atoms with van der Waals surface area (Å²) in [5.41, 5.74) is 1.36. The lowest BCUT2D eigenvalue weighted by Crippen LogP contribution is -2.29. The van der Waals surface area contributed by atoms with Crippen molar-refractivity contribution in [1.29, 1.82) is 0 Å². The fraction of sp³-hybridized carbons (Fsp3) is 0.0909. The monoisotopic (exact) mass is 422 g/mol. The largest absolute Gasteiger partial charge is 0.494 e. The van der Waals surface area contributed by atoms with E-state index in [1.807, 2.05) is 6.92 Å². The lowest BCUT2D eigenvalue weighted by Gasteiger charge is -2.15. The molecular weight excluding hydrogens is 404 g/mol. The topological polar surface area (TPSA) is 92.8 Å². The number of carbonyl (C=O) groups is 2. The van der Waals surface area contributed by atoms with E-state index in [-0.39, 0.29) is 4.90 Å². The number of sulfonamides is 1. The second-order valence-corrected chi connectivity index (χ2v) is 8.23. The number of hydrogen-bond donors (Lipinski definition) is 1. The fourth-order valence-electron chi connectivity index (χ4n) is 3.20. The summed E-state index contributed by atoms with van der Waals surface area (Å²) in [5, 5.41) is 0. The van der Waals surface area contributed by atoms with E-state index < -0.39 is 21.8 Å². The fourth-order valence-corrected chi connectivity index (χ4v) is 4.26. The molecule has 0 fully saturated rings. The molecule has 152 valence electrons. The number of amides is 2. The van der Waals surface area contributed by atoms with Crippen molar-refractivity contribution in [3.05, 3.63) is 83.9 Å². The number of anilines is 2. The normalized spacial score (nSPS) is 13.3. The first kappa shape index (κ1) is 19.7. The Bertz CT molecular complexity index is 1180. The van der Waals surface area contributed by atoms with E-state index in [4.69, 9.17) is 4.74 Å². The zero-order chi connectivity index (χ0) is 21.3. The Morgan fingerprint density at radius 1 is 0.833 bits per heavy atom. The number of ether oxygens (including phenoxy) is 1. The quantitative estimate of drug-likeness (QED) is 0.612. The third kappa shape index (κ3) is 3.53. The molecule has 0 spiro atoms. The van der Waals surface area contributed by atoms with Gasteiger partial charge in [-0.3, -0.25) is 14.3 Å². The second-order valence-electron chi connectivity index (χ2n) is 6.55. The van der Waals surface area contributed by atoms with Crippen LogP contribution in [-0.4, -0.2) is 26.8 Å². The summed E-state index contributed by atoms with van der Waals surface area (Å²) in [4.78, 5) is 26.2. The van der Waals surface area contributed by atoms with Crippen LogP contribution in [0.15, 0.2) is 77.7 Å². The van der Waals surface area contributed by atoms with E-state index in [1.54, 1.807) is 48.5 Å². The number of nitrogens with zero attached hydrogens (tertiary/aromatic N) is 1. The summed E-state index contributed by atoms with van der Waals surface area (Å²) >= 11 is 0. The first-order chi connectivity index (χ1) is 14.4. The number of hydrogen-bond acceptors (Lipinski definition) is 5. The van der Waals surface area contributed by atoms with Crippen molar-refractivity contribution in [2.24, 2.45) is 0 Å². The molecule has 1 aliphatic heterocycles. The third-order valence-corrected chi connectivity index (χ3v) is 6.01. The van der Waals surface area contributed by atoms with Gasteiger partial charge >= 0.3 is 0 Å². The van der Waals surface area contributed by atoms with Crippen molar-refractivity contribution in [2.45, 2.75) is 11.8 Å². The Kier molecular flexibility index (Phi) is 5.01. The Hall–Kier alpha value is -3.65. The van der Waals surface area contributed by atoms with Crippen LogP contribution in [0.2, 0.25) is 0 Å². The van der Waals surface area contributed by atoms with E-state index in [9.17, 15) is 18.0 Å². The van der Waals surface area contributed by atoms with Gasteiger partial charge in [-0.05, 0) is 67.6 Å². The molecule has 0 unspecified atom stereocenters. The average molecular weight is 422 g/mol. The number of nitrogens with one attached hydrogen (secondary N) is 1. The highest BCUT2D eigenvalue weighted by Gasteiger charge is 2.36. The summed E-state index contributed by atoms with van der Waals surface area (Å²) in [5.74, 6) is -0.219. The van der Waals surface area contributed by atoms with Gasteiger partial charge in [0.2, 0.25) is 0 Å². The number of carbonyl (C=O) groups excluding carboxylic acids is 2. The molecule has 0 radical (unpaired) electrons. The maximum absolute atomic E-state index is 12.7. The van der Waals surface area contributed by atoms with Gasteiger partial charge in [-0.25, -0.2) is 13.3 Å². The maximum Gasteiger partial charge on any atom is 0.266 e. The van der Waals surface area contributed by atoms with Crippen LogP contribution in [0.4, 0.5) is 11.4 Å². The van der Waals surface area contributed by atoms with Crippen LogP contribution in [-0.2, 0) is 10.0 Å². The van der Waals surface area contributed by atoms with Gasteiger partial charge in [-0.15, -0.1) is 0 Å². The van der Waals surface area contributed by atoms with Crippen molar-refractivity contribution in [1.82, 2.24) is 0 Å². The van der Waals surface area contributed by atoms with E-state index in [0.29, 0.717) is 34.9 Å². The van der Waals surface area contributed by atoms with E-state index in [1.165, 1.54) is 24.3 Å². The zero-order valence-corrected chi connectivity index (χ0v) is 16.8. The molecule has 3 aromatic carbocycles. The molecular formula is C22H18N2O5S. The van der Waals surface area contributed by atoms with Gasteiger partial charge in [0.15, 0.2) is 0 Å². The summed E-state index contributed by atoms with van der Waals surface area (Å²) in [6.07, 6.45) is 0. The van der Waals surface area contributed by atoms with Gasteiger partial charge in [0.05, 0.1) is 28.3 Å². The molecule has 0 bridgehead atoms. The van der Waals surface area contributed by atoms with Crippen molar-refractivity contribution < 1.29 is 22.7 Å². The minimum atomic E-state index is -3.84. The summed E-state index contributed by atoms with van der Waals surface area (Å²) in [7, 11) is -3.84. The van der Waals surface area contributed by atoms with Gasteiger partial charge in [0, 0.05) is 5.69 Å². The molecule has 0 aliphatic carbocycles. The predicted octanol–water partition coefficient (Wildman–Crippen LogP) is 3.69. The first-order valence-electron chi connectivity index (χ1n) is 9.24. The van der Waals surface area contributed by atoms with Crippen molar-refractivity contribution in [3.8, 4) is 5.75 Å². The lowest BCUT2D eigenvalue weighted by atomic mass is 10.1. The Labute approximate surface area is 174 Å². The number of rotatable bonds is 6. The zero-order valence-electron chi connectivity index (χ0n) is 16.0. The number of fused-ring (bicyclic) bond motifs is 1. The van der Waals surface area contributed by atoms with Gasteiger partial charge in [-0.2, -0.15) is 0 Å². The smallest absolute Gasteiger partial charge is 0.266 e. The van der Waals surface area contributed by atoms with Crippen LogP contribution in [0.3, 0.4) is 0 Å². The molecule has 2 amide bonds. The standard InChI is InChI=1S/C22H18N2O5S/c1-2-29-17-11-7-15(8-12-17)23-30(27,28)18-13-9-16(10-14-18)24-21(25)19-5-3-4-6-20(19)22(24)26/h3-14,23H,2H2,1H3. The number of benzene rings is 3. The number of imide groups is 1. The van der Waals surface area contributed by atoms with Crippen molar-refractivity contribution >= 4 is 33.2 Å². The molecule has 4 rings (SSSR count). The summed E-state index contributed by atoms with van der Waals surface area (Å²) in [6.45, 7) is 2.38. The molecule has 30 heavy (non-hydrogen) atoms. The van der Waals surface area contributed by atoms with Crippen LogP contribution in [0.25, 0.3) is 0 Å². The maximum atomic E-state index is 12.7. The molecule has 8 heteroatoms. The second kappa shape index (κ2) is 7.64. The molecule has 7 nitrogen and oxygen atoms in total. The van der Waals surface area contributed by atoms with Gasteiger partial charge in [0.1, 0.15) is 5.75 Å². The van der Waals surface area contributed by atoms with Crippen molar-refractivity contribution in [3.63, 3.8) is 0 Å². The highest BCUT2D eigenvalue weighted by Crippen LogP contribution is 2.29. The van der Waals surface area contributed by atoms with Gasteiger partial charge in [-0.1, -0.05) is 12.1 Å². The Balaban J connectivity index is 1.55. The van der Waals surface area contributed by atoms with Crippen LogP contribution in [0.5, 0.6) is 5.75 Å². The predicted molar refractivity (Wildman–Crippen MR) is 112 cm³/mol. The molecule has 1 N–H and O–H groups in total. The molecule has 1 aliphatic rings. The third-order valence-electron chi connectivity index (χ3n) is 4.62. The van der Waals surface area contributed by atoms with Crippen LogP contribution < -0.4 is 14.4 Å². The van der Waals surface area contributed by atoms with Gasteiger partial charge in [0.25, 0.3) is 21.8 Å². The summed E-state index contributed by atoms with van der Waals surface area (Å²) < 4.78 is 33.2. The molecule has 0 aromatic heterocycles. The Morgan fingerprint density at radius 2 is 1.40 bits per heavy atom. The highest BCUT2D eigenvalue weighted by molar-refractivity contribution is 7.92. The molecule has 0 atom stereocenters. The van der Waals surface area contributed by atoms with E-state index in [2.05, 4.69) is 4.72 Å². The van der Waals surface area contributed by atoms with Crippen LogP contribution >= 0.6 is 0 Å². The minimum absolute atomic E-state index is 0.0109. The molecule has 1 heterocycles.